The molecular formula is C23H44IN7O2. The molecule has 1 atom stereocenters. The van der Waals surface area contributed by atoms with Crippen LogP contribution in [0.1, 0.15) is 78.5 Å². The van der Waals surface area contributed by atoms with Crippen molar-refractivity contribution in [2.45, 2.75) is 97.7 Å². The van der Waals surface area contributed by atoms with Crippen molar-refractivity contribution in [3.05, 3.63) is 12.2 Å². The molecule has 1 aromatic rings. The van der Waals surface area contributed by atoms with Crippen molar-refractivity contribution in [2.24, 2.45) is 4.99 Å². The Hall–Kier alpha value is -1.59. The Bertz CT molecular complexity index is 690. The average Bonchev–Trinajstić information content (AvgIpc) is 3.25. The summed E-state index contributed by atoms with van der Waals surface area (Å²) >= 11 is 0. The van der Waals surface area contributed by atoms with Crippen LogP contribution in [0.25, 0.3) is 0 Å². The fraction of sp³-hybridized carbons (Fsp3) is 0.826. The zero-order valence-corrected chi connectivity index (χ0v) is 23.2. The van der Waals surface area contributed by atoms with Gasteiger partial charge < -0.3 is 24.8 Å². The molecular weight excluding hydrogens is 533 g/mol. The molecule has 1 fully saturated rings. The number of carbonyl (C=O) groups is 1. The number of aromatic nitrogens is 3. The van der Waals surface area contributed by atoms with E-state index in [4.69, 9.17) is 9.73 Å². The maximum Gasteiger partial charge on any atom is 0.409 e. The number of rotatable bonds is 12. The van der Waals surface area contributed by atoms with E-state index in [1.165, 1.54) is 25.7 Å². The molecule has 1 amide bonds. The van der Waals surface area contributed by atoms with E-state index < -0.39 is 0 Å². The number of carbonyl (C=O) groups excluding carboxylic acids is 1. The van der Waals surface area contributed by atoms with Crippen LogP contribution in [0.3, 0.4) is 0 Å². The Morgan fingerprint density at radius 2 is 2.00 bits per heavy atom. The van der Waals surface area contributed by atoms with Crippen molar-refractivity contribution < 1.29 is 9.53 Å². The van der Waals surface area contributed by atoms with Crippen LogP contribution < -0.4 is 10.6 Å². The standard InChI is InChI=1S/C23H43N7O2.HI/c1-5-8-9-10-11-19(4)26-22(24-14-17-30-18-25-28-21(30)6-2)27-20-12-15-29(16-13-20)23(31)32-7-3;/h18-20H,5-17H2,1-4H3,(H2,24,26,27);1H. The number of unbranched alkanes of at least 4 members (excludes halogenated alkanes) is 3. The SMILES string of the molecule is CCCCCCC(C)NC(=NCCn1cnnc1CC)NC1CCN(C(=O)OCC)CC1.I. The number of aryl methyl sites for hydroxylation is 1. The first-order valence-electron chi connectivity index (χ1n) is 12.4. The lowest BCUT2D eigenvalue weighted by atomic mass is 10.1. The number of piperidine rings is 1. The van der Waals surface area contributed by atoms with E-state index in [1.807, 2.05) is 6.92 Å². The second-order valence-corrected chi connectivity index (χ2v) is 8.52. The van der Waals surface area contributed by atoms with Crippen molar-refractivity contribution in [1.29, 1.82) is 0 Å². The van der Waals surface area contributed by atoms with E-state index in [2.05, 4.69) is 46.2 Å². The number of aliphatic imine (C=N–C) groups is 1. The summed E-state index contributed by atoms with van der Waals surface area (Å²) in [5.74, 6) is 1.84. The van der Waals surface area contributed by atoms with Gasteiger partial charge in [0.15, 0.2) is 5.96 Å². The van der Waals surface area contributed by atoms with Crippen LogP contribution in [0.2, 0.25) is 0 Å². The van der Waals surface area contributed by atoms with Crippen LogP contribution in [0, 0.1) is 0 Å². The molecule has 0 saturated carbocycles. The molecule has 190 valence electrons. The third kappa shape index (κ3) is 10.9. The highest BCUT2D eigenvalue weighted by Crippen LogP contribution is 2.12. The predicted molar refractivity (Wildman–Crippen MR) is 143 cm³/mol. The van der Waals surface area contributed by atoms with Gasteiger partial charge >= 0.3 is 6.09 Å². The molecule has 1 aromatic heterocycles. The Labute approximate surface area is 216 Å². The van der Waals surface area contributed by atoms with E-state index in [0.717, 1.165) is 44.0 Å². The van der Waals surface area contributed by atoms with Gasteiger partial charge in [-0.1, -0.05) is 39.5 Å². The Morgan fingerprint density at radius 1 is 1.24 bits per heavy atom. The lowest BCUT2D eigenvalue weighted by Gasteiger charge is -2.33. The van der Waals surface area contributed by atoms with Gasteiger partial charge in [0.25, 0.3) is 0 Å². The van der Waals surface area contributed by atoms with E-state index in [9.17, 15) is 4.79 Å². The minimum atomic E-state index is -0.209. The Balaban J connectivity index is 0.00000544. The van der Waals surface area contributed by atoms with E-state index in [0.29, 0.717) is 38.3 Å². The van der Waals surface area contributed by atoms with Crippen LogP contribution in [-0.4, -0.2) is 70.0 Å². The van der Waals surface area contributed by atoms with Crippen molar-refractivity contribution >= 4 is 36.0 Å². The third-order valence-corrected chi connectivity index (χ3v) is 5.86. The first-order valence-corrected chi connectivity index (χ1v) is 12.4. The summed E-state index contributed by atoms with van der Waals surface area (Å²) in [7, 11) is 0. The number of guanidine groups is 1. The summed E-state index contributed by atoms with van der Waals surface area (Å²) in [4.78, 5) is 18.6. The smallest absolute Gasteiger partial charge is 0.409 e. The Morgan fingerprint density at radius 3 is 2.67 bits per heavy atom. The fourth-order valence-corrected chi connectivity index (χ4v) is 3.94. The van der Waals surface area contributed by atoms with Gasteiger partial charge in [0.05, 0.1) is 13.2 Å². The predicted octanol–water partition coefficient (Wildman–Crippen LogP) is 3.97. The number of hydrogen-bond donors (Lipinski definition) is 2. The summed E-state index contributed by atoms with van der Waals surface area (Å²) in [5, 5.41) is 15.4. The van der Waals surface area contributed by atoms with Gasteiger partial charge in [0.2, 0.25) is 0 Å². The minimum Gasteiger partial charge on any atom is -0.450 e. The zero-order valence-electron chi connectivity index (χ0n) is 20.9. The fourth-order valence-electron chi connectivity index (χ4n) is 3.94. The largest absolute Gasteiger partial charge is 0.450 e. The maximum atomic E-state index is 12.0. The summed E-state index contributed by atoms with van der Waals surface area (Å²) in [6.07, 6.45) is 10.4. The highest BCUT2D eigenvalue weighted by molar-refractivity contribution is 14.0. The second kappa shape index (κ2) is 16.9. The normalized spacial score (nSPS) is 15.6. The van der Waals surface area contributed by atoms with Crippen LogP contribution >= 0.6 is 24.0 Å². The lowest BCUT2D eigenvalue weighted by molar-refractivity contribution is 0.0963. The average molecular weight is 578 g/mol. The number of halogens is 1. The molecule has 1 saturated heterocycles. The van der Waals surface area contributed by atoms with Crippen molar-refractivity contribution in [2.75, 3.05) is 26.2 Å². The van der Waals surface area contributed by atoms with Crippen LogP contribution in [-0.2, 0) is 17.7 Å². The number of nitrogens with one attached hydrogen (secondary N) is 2. The molecule has 0 aliphatic carbocycles. The minimum absolute atomic E-state index is 0. The molecule has 1 unspecified atom stereocenters. The molecule has 10 heteroatoms. The van der Waals surface area contributed by atoms with Gasteiger partial charge in [-0.05, 0) is 33.1 Å². The highest BCUT2D eigenvalue weighted by atomic mass is 127. The van der Waals surface area contributed by atoms with Crippen LogP contribution in [0.5, 0.6) is 0 Å². The topological polar surface area (TPSA) is 96.7 Å². The monoisotopic (exact) mass is 577 g/mol. The van der Waals surface area contributed by atoms with Crippen molar-refractivity contribution in [3.63, 3.8) is 0 Å². The maximum absolute atomic E-state index is 12.0. The zero-order chi connectivity index (χ0) is 23.2. The molecule has 0 bridgehead atoms. The number of amides is 1. The number of likely N-dealkylation sites (tertiary alicyclic amines) is 1. The molecule has 0 aromatic carbocycles. The van der Waals surface area contributed by atoms with Crippen molar-refractivity contribution in [1.82, 2.24) is 30.3 Å². The van der Waals surface area contributed by atoms with E-state index >= 15 is 0 Å². The van der Waals surface area contributed by atoms with Gasteiger partial charge in [0.1, 0.15) is 12.2 Å². The van der Waals surface area contributed by atoms with E-state index in [-0.39, 0.29) is 30.1 Å². The first kappa shape index (κ1) is 29.4. The van der Waals surface area contributed by atoms with Gasteiger partial charge in [0, 0.05) is 38.1 Å². The molecule has 1 aliphatic rings. The molecule has 2 N–H and O–H groups in total. The summed E-state index contributed by atoms with van der Waals surface area (Å²) in [6, 6.07) is 0.652. The molecule has 9 nitrogen and oxygen atoms in total. The summed E-state index contributed by atoms with van der Waals surface area (Å²) < 4.78 is 7.19. The van der Waals surface area contributed by atoms with Crippen LogP contribution in [0.15, 0.2) is 11.3 Å². The second-order valence-electron chi connectivity index (χ2n) is 8.52. The number of nitrogens with zero attached hydrogens (tertiary/aromatic N) is 5. The van der Waals surface area contributed by atoms with Gasteiger partial charge in [-0.3, -0.25) is 4.99 Å². The highest BCUT2D eigenvalue weighted by Gasteiger charge is 2.24. The number of ether oxygens (including phenoxy) is 1. The number of hydrogen-bond acceptors (Lipinski definition) is 5. The quantitative estimate of drug-likeness (QED) is 0.169. The molecule has 0 spiro atoms. The molecule has 33 heavy (non-hydrogen) atoms. The first-order chi connectivity index (χ1) is 15.6. The summed E-state index contributed by atoms with van der Waals surface area (Å²) in [5.41, 5.74) is 0. The molecule has 2 rings (SSSR count). The van der Waals surface area contributed by atoms with Crippen LogP contribution in [0.4, 0.5) is 4.79 Å². The van der Waals surface area contributed by atoms with Gasteiger partial charge in [-0.2, -0.15) is 0 Å². The summed E-state index contributed by atoms with van der Waals surface area (Å²) in [6.45, 7) is 11.6. The van der Waals surface area contributed by atoms with Gasteiger partial charge in [-0.25, -0.2) is 4.79 Å². The molecule has 1 aliphatic heterocycles. The molecule has 2 heterocycles. The lowest BCUT2D eigenvalue weighted by Crippen LogP contribution is -2.51. The Kier molecular flexibility index (Phi) is 15.1. The molecule has 0 radical (unpaired) electrons. The van der Waals surface area contributed by atoms with Crippen molar-refractivity contribution in [3.8, 4) is 0 Å². The van der Waals surface area contributed by atoms with E-state index in [1.54, 1.807) is 11.2 Å². The van der Waals surface area contributed by atoms with Gasteiger partial charge in [-0.15, -0.1) is 34.2 Å². The third-order valence-electron chi connectivity index (χ3n) is 5.86.